The van der Waals surface area contributed by atoms with E-state index in [0.29, 0.717) is 5.75 Å². The van der Waals surface area contributed by atoms with Crippen molar-refractivity contribution in [2.75, 3.05) is 6.61 Å². The van der Waals surface area contributed by atoms with Crippen molar-refractivity contribution >= 4 is 22.1 Å². The molecular weight excluding hydrogens is 402 g/mol. The molecule has 0 atom stereocenters. The smallest absolute Gasteiger partial charge is 0.465 e. The van der Waals surface area contributed by atoms with Crippen LogP contribution < -0.4 is 9.47 Å². The lowest BCUT2D eigenvalue weighted by molar-refractivity contribution is -0.162. The Labute approximate surface area is 158 Å². The van der Waals surface area contributed by atoms with Crippen LogP contribution in [0.25, 0.3) is 0 Å². The molecule has 0 radical (unpaired) electrons. The molecule has 8 nitrogen and oxygen atoms in total. The van der Waals surface area contributed by atoms with Crippen molar-refractivity contribution < 1.29 is 45.6 Å². The third-order valence-corrected chi connectivity index (χ3v) is 4.03. The highest BCUT2D eigenvalue weighted by Gasteiger charge is 2.54. The Morgan fingerprint density at radius 1 is 1.00 bits per heavy atom. The Morgan fingerprint density at radius 3 is 2.25 bits per heavy atom. The first-order chi connectivity index (χ1) is 13.1. The normalized spacial score (nSPS) is 11.5. The van der Waals surface area contributed by atoms with E-state index in [1.54, 1.807) is 30.3 Å². The summed E-state index contributed by atoms with van der Waals surface area (Å²) < 4.78 is 70.3. The summed E-state index contributed by atoms with van der Waals surface area (Å²) >= 11 is 0. The van der Waals surface area contributed by atoms with Crippen molar-refractivity contribution in [1.29, 1.82) is 0 Å². The highest BCUT2D eigenvalue weighted by molar-refractivity contribution is 7.87. The molecule has 0 spiro atoms. The van der Waals surface area contributed by atoms with E-state index in [9.17, 15) is 26.8 Å². The van der Waals surface area contributed by atoms with Crippen LogP contribution in [0.15, 0.2) is 54.6 Å². The van der Waals surface area contributed by atoms with Crippen molar-refractivity contribution in [2.45, 2.75) is 11.9 Å². The Hall–Kier alpha value is -3.05. The summed E-state index contributed by atoms with van der Waals surface area (Å²) in [6.07, 6.45) is 0. The number of ether oxygens (including phenoxy) is 3. The van der Waals surface area contributed by atoms with Gasteiger partial charge in [-0.1, -0.05) is 36.4 Å². The SMILES string of the molecule is O=C(COc1ccccc1)Oc1ccccc1COC(=O)C(F)(F)S(=O)(=O)O. The number of hydrogen-bond donors (Lipinski definition) is 1. The summed E-state index contributed by atoms with van der Waals surface area (Å²) in [4.78, 5) is 23.1. The number of benzene rings is 2. The van der Waals surface area contributed by atoms with Crippen LogP contribution in [0.3, 0.4) is 0 Å². The zero-order chi connectivity index (χ0) is 20.8. The number of carbonyl (C=O) groups is 2. The van der Waals surface area contributed by atoms with Crippen LogP contribution in [0.5, 0.6) is 11.5 Å². The molecule has 11 heteroatoms. The summed E-state index contributed by atoms with van der Waals surface area (Å²) in [5.74, 6) is -2.96. The van der Waals surface area contributed by atoms with Crippen molar-refractivity contribution in [3.63, 3.8) is 0 Å². The van der Waals surface area contributed by atoms with E-state index in [4.69, 9.17) is 14.0 Å². The lowest BCUT2D eigenvalue weighted by Gasteiger charge is -2.14. The van der Waals surface area contributed by atoms with Crippen molar-refractivity contribution in [1.82, 2.24) is 0 Å². The van der Waals surface area contributed by atoms with Crippen molar-refractivity contribution in [3.8, 4) is 11.5 Å². The molecule has 0 aliphatic carbocycles. The number of alkyl halides is 2. The molecule has 2 aromatic carbocycles. The van der Waals surface area contributed by atoms with Crippen LogP contribution in [0.2, 0.25) is 0 Å². The van der Waals surface area contributed by atoms with Gasteiger partial charge in [0.05, 0.1) is 0 Å². The Balaban J connectivity index is 1.99. The zero-order valence-corrected chi connectivity index (χ0v) is 14.9. The van der Waals surface area contributed by atoms with Gasteiger partial charge < -0.3 is 14.2 Å². The molecule has 0 bridgehead atoms. The summed E-state index contributed by atoms with van der Waals surface area (Å²) in [6, 6.07) is 13.9. The predicted molar refractivity (Wildman–Crippen MR) is 90.3 cm³/mol. The Morgan fingerprint density at radius 2 is 1.61 bits per heavy atom. The van der Waals surface area contributed by atoms with Crippen LogP contribution in [-0.4, -0.2) is 36.8 Å². The maximum Gasteiger partial charge on any atom is 0.465 e. The Kier molecular flexibility index (Phi) is 6.65. The fourth-order valence-corrected chi connectivity index (χ4v) is 2.14. The number of carbonyl (C=O) groups excluding carboxylic acids is 2. The second-order valence-corrected chi connectivity index (χ2v) is 6.71. The fourth-order valence-electron chi connectivity index (χ4n) is 1.87. The molecule has 0 aliphatic rings. The van der Waals surface area contributed by atoms with Crippen LogP contribution >= 0.6 is 0 Å². The summed E-state index contributed by atoms with van der Waals surface area (Å²) in [7, 11) is -5.98. The molecule has 0 aliphatic heterocycles. The minimum atomic E-state index is -5.98. The second-order valence-electron chi connectivity index (χ2n) is 5.25. The minimum absolute atomic E-state index is 0.00930. The van der Waals surface area contributed by atoms with Gasteiger partial charge >= 0.3 is 27.3 Å². The molecule has 28 heavy (non-hydrogen) atoms. The monoisotopic (exact) mass is 416 g/mol. The van der Waals surface area contributed by atoms with Gasteiger partial charge in [-0.15, -0.1) is 0 Å². The highest BCUT2D eigenvalue weighted by Crippen LogP contribution is 2.25. The largest absolute Gasteiger partial charge is 0.482 e. The Bertz CT molecular complexity index is 945. The van der Waals surface area contributed by atoms with E-state index < -0.39 is 40.5 Å². The predicted octanol–water partition coefficient (Wildman–Crippen LogP) is 2.19. The minimum Gasteiger partial charge on any atom is -0.482 e. The van der Waals surface area contributed by atoms with Gasteiger partial charge in [-0.25, -0.2) is 9.59 Å². The van der Waals surface area contributed by atoms with E-state index in [1.807, 2.05) is 0 Å². The lowest BCUT2D eigenvalue weighted by atomic mass is 10.2. The number of hydrogen-bond acceptors (Lipinski definition) is 7. The van der Waals surface area contributed by atoms with E-state index in [1.165, 1.54) is 24.3 Å². The molecule has 150 valence electrons. The van der Waals surface area contributed by atoms with Crippen LogP contribution in [-0.2, 0) is 31.1 Å². The first-order valence-corrected chi connectivity index (χ1v) is 9.04. The average Bonchev–Trinajstić information content (AvgIpc) is 2.65. The van der Waals surface area contributed by atoms with Gasteiger partial charge in [0.25, 0.3) is 0 Å². The first-order valence-electron chi connectivity index (χ1n) is 7.60. The van der Waals surface area contributed by atoms with Gasteiger partial charge in [0.2, 0.25) is 0 Å². The lowest BCUT2D eigenvalue weighted by Crippen LogP contribution is -2.38. The van der Waals surface area contributed by atoms with Crippen LogP contribution in [0.4, 0.5) is 8.78 Å². The quantitative estimate of drug-likeness (QED) is 0.396. The topological polar surface area (TPSA) is 116 Å². The van der Waals surface area contributed by atoms with Gasteiger partial charge in [-0.3, -0.25) is 4.55 Å². The van der Waals surface area contributed by atoms with Crippen LogP contribution in [0, 0.1) is 0 Å². The zero-order valence-electron chi connectivity index (χ0n) is 14.1. The molecule has 0 heterocycles. The number of para-hydroxylation sites is 2. The van der Waals surface area contributed by atoms with E-state index in [2.05, 4.69) is 4.74 Å². The number of rotatable bonds is 8. The summed E-state index contributed by atoms with van der Waals surface area (Å²) in [6.45, 7) is -1.27. The van der Waals surface area contributed by atoms with Gasteiger partial charge in [-0.05, 0) is 18.2 Å². The molecular formula is C17H14F2O8S. The third kappa shape index (κ3) is 5.47. The van der Waals surface area contributed by atoms with Gasteiger partial charge in [0, 0.05) is 5.56 Å². The van der Waals surface area contributed by atoms with Crippen molar-refractivity contribution in [3.05, 3.63) is 60.2 Å². The van der Waals surface area contributed by atoms with E-state index >= 15 is 0 Å². The van der Waals surface area contributed by atoms with Crippen LogP contribution in [0.1, 0.15) is 5.56 Å². The van der Waals surface area contributed by atoms with E-state index in [0.717, 1.165) is 0 Å². The molecule has 0 amide bonds. The summed E-state index contributed by atoms with van der Waals surface area (Å²) in [5, 5.41) is -5.12. The average molecular weight is 416 g/mol. The fraction of sp³-hybridized carbons (Fsp3) is 0.176. The third-order valence-electron chi connectivity index (χ3n) is 3.22. The molecule has 0 aromatic heterocycles. The maximum absolute atomic E-state index is 13.2. The first kappa shape index (κ1) is 21.3. The maximum atomic E-state index is 13.2. The van der Waals surface area contributed by atoms with E-state index in [-0.39, 0.29) is 11.3 Å². The standard InChI is InChI=1S/C17H14F2O8S/c18-17(19,28(22,23)24)16(21)26-10-12-6-4-5-9-14(12)27-15(20)11-25-13-7-2-1-3-8-13/h1-9H,10-11H2,(H,22,23,24). The number of halogens is 2. The van der Waals surface area contributed by atoms with Gasteiger partial charge in [0.1, 0.15) is 18.1 Å². The summed E-state index contributed by atoms with van der Waals surface area (Å²) in [5.41, 5.74) is 0.00930. The molecule has 0 unspecified atom stereocenters. The van der Waals surface area contributed by atoms with Crippen molar-refractivity contribution in [2.24, 2.45) is 0 Å². The van der Waals surface area contributed by atoms with Gasteiger partial charge in [0.15, 0.2) is 6.61 Å². The highest BCUT2D eigenvalue weighted by atomic mass is 32.2. The molecule has 0 saturated heterocycles. The molecule has 1 N–H and O–H groups in total. The second kappa shape index (κ2) is 8.76. The van der Waals surface area contributed by atoms with Gasteiger partial charge in [-0.2, -0.15) is 17.2 Å². The molecule has 2 aromatic rings. The number of esters is 2. The molecule has 0 fully saturated rings. The molecule has 0 saturated carbocycles. The molecule has 2 rings (SSSR count).